The number of aromatic nitrogens is 4. The molecule has 0 bridgehead atoms. The number of anilines is 1. The van der Waals surface area contributed by atoms with Gasteiger partial charge in [0.1, 0.15) is 10.8 Å². The minimum absolute atomic E-state index is 0.123. The van der Waals surface area contributed by atoms with Gasteiger partial charge < -0.3 is 4.42 Å². The molecular weight excluding hydrogens is 326 g/mol. The summed E-state index contributed by atoms with van der Waals surface area (Å²) in [5, 5.41) is 18.1. The lowest BCUT2D eigenvalue weighted by Gasteiger charge is -1.99. The zero-order valence-corrected chi connectivity index (χ0v) is 12.9. The van der Waals surface area contributed by atoms with Crippen molar-refractivity contribution in [2.24, 2.45) is 0 Å². The summed E-state index contributed by atoms with van der Waals surface area (Å²) in [6.07, 6.45) is 5.11. The van der Waals surface area contributed by atoms with Gasteiger partial charge in [0.15, 0.2) is 5.15 Å². The Hall–Kier alpha value is -2.45. The van der Waals surface area contributed by atoms with Gasteiger partial charge in [0.25, 0.3) is 5.91 Å². The molecule has 7 nitrogen and oxygen atoms in total. The molecule has 0 saturated heterocycles. The molecule has 3 aromatic rings. The average Bonchev–Trinajstić information content (AvgIpc) is 3.19. The highest BCUT2D eigenvalue weighted by Crippen LogP contribution is 2.21. The summed E-state index contributed by atoms with van der Waals surface area (Å²) >= 11 is 7.10. The van der Waals surface area contributed by atoms with Crippen molar-refractivity contribution in [3.8, 4) is 0 Å². The maximum Gasteiger partial charge on any atom is 0.262 e. The van der Waals surface area contributed by atoms with E-state index in [2.05, 4.69) is 25.7 Å². The van der Waals surface area contributed by atoms with Crippen LogP contribution in [-0.2, 0) is 0 Å². The molecule has 0 atom stereocenters. The van der Waals surface area contributed by atoms with Crippen molar-refractivity contribution in [2.75, 3.05) is 5.32 Å². The van der Waals surface area contributed by atoms with Gasteiger partial charge in [-0.3, -0.25) is 15.2 Å². The number of aryl methyl sites for hydroxylation is 1. The maximum atomic E-state index is 12.1. The zero-order chi connectivity index (χ0) is 15.5. The lowest BCUT2D eigenvalue weighted by Crippen LogP contribution is -2.12. The van der Waals surface area contributed by atoms with E-state index in [1.54, 1.807) is 31.4 Å². The number of amides is 1. The second-order valence-corrected chi connectivity index (χ2v) is 5.63. The van der Waals surface area contributed by atoms with Crippen LogP contribution >= 0.6 is 22.9 Å². The van der Waals surface area contributed by atoms with Gasteiger partial charge in [-0.2, -0.15) is 5.10 Å². The molecule has 0 aliphatic rings. The lowest BCUT2D eigenvalue weighted by molar-refractivity contribution is 0.102. The molecule has 0 aromatic carbocycles. The van der Waals surface area contributed by atoms with Crippen LogP contribution in [-0.4, -0.2) is 26.3 Å². The number of hydrogen-bond acceptors (Lipinski definition) is 6. The third-order valence-electron chi connectivity index (χ3n) is 2.72. The molecule has 112 valence electrons. The van der Waals surface area contributed by atoms with Crippen LogP contribution in [0.3, 0.4) is 0 Å². The van der Waals surface area contributed by atoms with Crippen molar-refractivity contribution in [1.82, 2.24) is 20.4 Å². The van der Waals surface area contributed by atoms with Crippen molar-refractivity contribution >= 4 is 46.1 Å². The Morgan fingerprint density at radius 1 is 1.45 bits per heavy atom. The van der Waals surface area contributed by atoms with E-state index in [4.69, 9.17) is 16.0 Å². The van der Waals surface area contributed by atoms with Gasteiger partial charge in [-0.25, -0.2) is 0 Å². The highest BCUT2D eigenvalue weighted by molar-refractivity contribution is 7.16. The number of nitrogens with one attached hydrogen (secondary N) is 2. The first-order chi connectivity index (χ1) is 10.6. The van der Waals surface area contributed by atoms with E-state index >= 15 is 0 Å². The van der Waals surface area contributed by atoms with Crippen LogP contribution in [0.2, 0.25) is 5.15 Å². The number of carbonyl (C=O) groups excluding carboxylic acids is 1. The smallest absolute Gasteiger partial charge is 0.262 e. The SMILES string of the molecule is Cc1[nH]nc(Cl)c1C(=O)Nc1nnc(/C=C/c2ccco2)s1. The summed E-state index contributed by atoms with van der Waals surface area (Å²) in [4.78, 5) is 12.1. The van der Waals surface area contributed by atoms with Gasteiger partial charge in [-0.1, -0.05) is 22.9 Å². The Kier molecular flexibility index (Phi) is 4.03. The van der Waals surface area contributed by atoms with Crippen molar-refractivity contribution < 1.29 is 9.21 Å². The molecule has 0 unspecified atom stereocenters. The average molecular weight is 336 g/mol. The van der Waals surface area contributed by atoms with Crippen LogP contribution in [0.1, 0.15) is 26.8 Å². The Bertz CT molecular complexity index is 802. The normalized spacial score (nSPS) is 11.2. The third-order valence-corrected chi connectivity index (χ3v) is 3.80. The second kappa shape index (κ2) is 6.12. The van der Waals surface area contributed by atoms with Crippen molar-refractivity contribution in [1.29, 1.82) is 0 Å². The first-order valence-electron chi connectivity index (χ1n) is 6.20. The predicted molar refractivity (Wildman–Crippen MR) is 83.8 cm³/mol. The molecule has 0 spiro atoms. The summed E-state index contributed by atoms with van der Waals surface area (Å²) in [5.74, 6) is 0.329. The molecule has 2 N–H and O–H groups in total. The van der Waals surface area contributed by atoms with E-state index in [0.29, 0.717) is 27.2 Å². The predicted octanol–water partition coefficient (Wildman–Crippen LogP) is 3.24. The Morgan fingerprint density at radius 3 is 3.00 bits per heavy atom. The Balaban J connectivity index is 1.71. The fourth-order valence-electron chi connectivity index (χ4n) is 1.72. The van der Waals surface area contributed by atoms with Crippen LogP contribution in [0.4, 0.5) is 5.13 Å². The number of carbonyl (C=O) groups is 1. The molecule has 3 rings (SSSR count). The van der Waals surface area contributed by atoms with Gasteiger partial charge in [0.05, 0.1) is 11.8 Å². The fourth-order valence-corrected chi connectivity index (χ4v) is 2.63. The molecule has 1 amide bonds. The highest BCUT2D eigenvalue weighted by atomic mass is 35.5. The molecule has 0 fully saturated rings. The summed E-state index contributed by atoms with van der Waals surface area (Å²) in [6, 6.07) is 3.62. The first kappa shape index (κ1) is 14.5. The highest BCUT2D eigenvalue weighted by Gasteiger charge is 2.18. The van der Waals surface area contributed by atoms with E-state index in [-0.39, 0.29) is 11.1 Å². The lowest BCUT2D eigenvalue weighted by atomic mass is 10.2. The molecule has 9 heteroatoms. The first-order valence-corrected chi connectivity index (χ1v) is 7.40. The van der Waals surface area contributed by atoms with Crippen molar-refractivity contribution in [3.05, 3.63) is 45.6 Å². The van der Waals surface area contributed by atoms with E-state index in [1.807, 2.05) is 6.07 Å². The van der Waals surface area contributed by atoms with Gasteiger partial charge in [0.2, 0.25) is 5.13 Å². The number of halogens is 1. The van der Waals surface area contributed by atoms with Crippen LogP contribution in [0.25, 0.3) is 12.2 Å². The zero-order valence-electron chi connectivity index (χ0n) is 11.3. The minimum atomic E-state index is -0.381. The maximum absolute atomic E-state index is 12.1. The molecular formula is C13H10ClN5O2S. The second-order valence-electron chi connectivity index (χ2n) is 4.26. The van der Waals surface area contributed by atoms with Gasteiger partial charge in [0, 0.05) is 5.69 Å². The third kappa shape index (κ3) is 3.07. The Morgan fingerprint density at radius 2 is 2.32 bits per heavy atom. The van der Waals surface area contributed by atoms with E-state index < -0.39 is 0 Å². The van der Waals surface area contributed by atoms with Gasteiger partial charge in [-0.05, 0) is 31.2 Å². The van der Waals surface area contributed by atoms with E-state index in [1.165, 1.54) is 11.3 Å². The summed E-state index contributed by atoms with van der Waals surface area (Å²) < 4.78 is 5.18. The van der Waals surface area contributed by atoms with Gasteiger partial charge in [-0.15, -0.1) is 10.2 Å². The quantitative estimate of drug-likeness (QED) is 0.762. The van der Waals surface area contributed by atoms with E-state index in [0.717, 1.165) is 0 Å². The largest absolute Gasteiger partial charge is 0.465 e. The molecule has 3 heterocycles. The van der Waals surface area contributed by atoms with Crippen LogP contribution in [0.5, 0.6) is 0 Å². The molecule has 3 aromatic heterocycles. The van der Waals surface area contributed by atoms with Crippen LogP contribution in [0.15, 0.2) is 22.8 Å². The topological polar surface area (TPSA) is 96.7 Å². The molecule has 0 aliphatic heterocycles. The minimum Gasteiger partial charge on any atom is -0.465 e. The van der Waals surface area contributed by atoms with Crippen LogP contribution in [0, 0.1) is 6.92 Å². The summed E-state index contributed by atoms with van der Waals surface area (Å²) in [5.41, 5.74) is 0.884. The van der Waals surface area contributed by atoms with E-state index in [9.17, 15) is 4.79 Å². The number of nitrogens with zero attached hydrogens (tertiary/aromatic N) is 3. The molecule has 0 radical (unpaired) electrons. The summed E-state index contributed by atoms with van der Waals surface area (Å²) in [6.45, 7) is 1.71. The van der Waals surface area contributed by atoms with Gasteiger partial charge >= 0.3 is 0 Å². The number of H-pyrrole nitrogens is 1. The number of hydrogen-bond donors (Lipinski definition) is 2. The molecule has 22 heavy (non-hydrogen) atoms. The number of furan rings is 1. The van der Waals surface area contributed by atoms with Crippen molar-refractivity contribution in [3.63, 3.8) is 0 Å². The number of rotatable bonds is 4. The Labute approximate surface area is 134 Å². The standard InChI is InChI=1S/C13H10ClN5O2S/c1-7-10(11(14)18-16-7)12(20)15-13-19-17-9(22-13)5-4-8-3-2-6-21-8/h2-6H,1H3,(H,16,18)(H,15,19,20)/b5-4+. The monoisotopic (exact) mass is 335 g/mol. The van der Waals surface area contributed by atoms with Crippen LogP contribution < -0.4 is 5.32 Å². The number of aromatic amines is 1. The molecule has 0 saturated carbocycles. The molecule has 0 aliphatic carbocycles. The summed E-state index contributed by atoms with van der Waals surface area (Å²) in [7, 11) is 0. The fraction of sp³-hybridized carbons (Fsp3) is 0.0769. The van der Waals surface area contributed by atoms with Crippen molar-refractivity contribution in [2.45, 2.75) is 6.92 Å².